The molecule has 0 nitrogen and oxygen atoms in total. The molecule has 0 saturated carbocycles. The molecule has 0 atom stereocenters. The van der Waals surface area contributed by atoms with Gasteiger partial charge in [-0.25, -0.2) is 0 Å². The third kappa shape index (κ3) is 3.07. The van der Waals surface area contributed by atoms with Crippen LogP contribution in [0.15, 0.2) is 71.4 Å². The molecule has 0 N–H and O–H groups in total. The van der Waals surface area contributed by atoms with E-state index >= 15 is 0 Å². The topological polar surface area (TPSA) is 0 Å². The monoisotopic (exact) mass is 364 g/mol. The Balaban J connectivity index is 2.28. The van der Waals surface area contributed by atoms with Crippen molar-refractivity contribution in [2.45, 2.75) is 45.3 Å². The van der Waals surface area contributed by atoms with E-state index in [2.05, 4.69) is 94.2 Å². The molecule has 1 aliphatic carbocycles. The highest BCUT2D eigenvalue weighted by Crippen LogP contribution is 2.51. The third-order valence-electron chi connectivity index (χ3n) is 5.37. The van der Waals surface area contributed by atoms with Gasteiger partial charge in [0.05, 0.1) is 13.5 Å². The van der Waals surface area contributed by atoms with E-state index in [9.17, 15) is 0 Å². The summed E-state index contributed by atoms with van der Waals surface area (Å²) in [6.07, 6.45) is 1.02. The van der Waals surface area contributed by atoms with E-state index in [0.717, 1.165) is 6.42 Å². The molecule has 0 radical (unpaired) electrons. The Labute approximate surface area is 159 Å². The first-order chi connectivity index (χ1) is 11.8. The van der Waals surface area contributed by atoms with E-state index in [4.69, 9.17) is 12.2 Å². The minimum Gasteiger partial charge on any atom is -0.0837 e. The lowest BCUT2D eigenvalue weighted by Crippen LogP contribution is -2.38. The van der Waals surface area contributed by atoms with Crippen LogP contribution in [-0.2, 0) is 5.41 Å². The average Bonchev–Trinajstić information content (AvgIpc) is 2.91. The van der Waals surface area contributed by atoms with Crippen LogP contribution in [0.25, 0.3) is 0 Å². The van der Waals surface area contributed by atoms with Crippen molar-refractivity contribution in [2.24, 2.45) is 5.92 Å². The van der Waals surface area contributed by atoms with Crippen LogP contribution in [-0.4, -0.2) is 12.9 Å². The van der Waals surface area contributed by atoms with Crippen molar-refractivity contribution in [3.63, 3.8) is 0 Å². The molecule has 0 heterocycles. The van der Waals surface area contributed by atoms with E-state index in [1.165, 1.54) is 21.2 Å². The van der Waals surface area contributed by atoms with E-state index in [1.807, 2.05) is 0 Å². The molecule has 0 aliphatic heterocycles. The number of hydrogen-bond acceptors (Lipinski definition) is 1. The van der Waals surface area contributed by atoms with Gasteiger partial charge in [0.2, 0.25) is 0 Å². The molecule has 0 unspecified atom stereocenters. The molecule has 0 amide bonds. The van der Waals surface area contributed by atoms with Crippen molar-refractivity contribution in [3.05, 3.63) is 82.6 Å². The van der Waals surface area contributed by atoms with Gasteiger partial charge >= 0.3 is 0 Å². The van der Waals surface area contributed by atoms with Crippen molar-refractivity contribution in [3.8, 4) is 0 Å². The maximum Gasteiger partial charge on any atom is 0.0790 e. The molecule has 0 saturated heterocycles. The second-order valence-electron chi connectivity index (χ2n) is 8.45. The predicted molar refractivity (Wildman–Crippen MR) is 116 cm³/mol. The lowest BCUT2D eigenvalue weighted by molar-refractivity contribution is 0.637. The Bertz CT molecular complexity index is 755. The van der Waals surface area contributed by atoms with E-state index in [1.54, 1.807) is 5.57 Å². The summed E-state index contributed by atoms with van der Waals surface area (Å²) in [5.74, 6) is 0.536. The van der Waals surface area contributed by atoms with Crippen molar-refractivity contribution in [2.75, 3.05) is 0 Å². The second kappa shape index (κ2) is 6.66. The highest BCUT2D eigenvalue weighted by atomic mass is 32.1. The zero-order chi connectivity index (χ0) is 18.2. The van der Waals surface area contributed by atoms with Crippen LogP contribution in [0, 0.1) is 5.92 Å². The van der Waals surface area contributed by atoms with Gasteiger partial charge in [-0.05, 0) is 28.7 Å². The zero-order valence-corrected chi connectivity index (χ0v) is 17.8. The largest absolute Gasteiger partial charge is 0.0837 e. The van der Waals surface area contributed by atoms with Crippen molar-refractivity contribution >= 4 is 25.2 Å². The molecule has 0 aromatic heterocycles. The summed E-state index contributed by atoms with van der Waals surface area (Å²) in [5.41, 5.74) is 4.06. The van der Waals surface area contributed by atoms with Crippen LogP contribution in [0.2, 0.25) is 19.6 Å². The maximum atomic E-state index is 6.26. The third-order valence-corrected chi connectivity index (χ3v) is 8.18. The predicted octanol–water partition coefficient (Wildman–Crippen LogP) is 6.58. The Hall–Kier alpha value is -1.51. The van der Waals surface area contributed by atoms with E-state index in [-0.39, 0.29) is 5.41 Å². The van der Waals surface area contributed by atoms with Crippen LogP contribution in [0.5, 0.6) is 0 Å². The fourth-order valence-electron chi connectivity index (χ4n) is 4.21. The molecule has 2 aromatic rings. The van der Waals surface area contributed by atoms with Gasteiger partial charge in [-0.1, -0.05) is 112 Å². The summed E-state index contributed by atoms with van der Waals surface area (Å²) in [5, 5.41) is 1.53. The molecule has 2 aromatic carbocycles. The van der Waals surface area contributed by atoms with Gasteiger partial charge in [0.1, 0.15) is 0 Å². The molecule has 25 heavy (non-hydrogen) atoms. The number of hydrogen-bond donors (Lipinski definition) is 0. The van der Waals surface area contributed by atoms with Crippen molar-refractivity contribution in [1.29, 1.82) is 0 Å². The molecule has 0 spiro atoms. The molecule has 0 fully saturated rings. The zero-order valence-electron chi connectivity index (χ0n) is 16.0. The summed E-state index contributed by atoms with van der Waals surface area (Å²) in [6.45, 7) is 11.9. The highest BCUT2D eigenvalue weighted by molar-refractivity contribution is 7.81. The summed E-state index contributed by atoms with van der Waals surface area (Å²) >= 11 is 6.26. The molecule has 0 bridgehead atoms. The quantitative estimate of drug-likeness (QED) is 0.436. The smallest absolute Gasteiger partial charge is 0.0790 e. The second-order valence-corrected chi connectivity index (χ2v) is 13.9. The summed E-state index contributed by atoms with van der Waals surface area (Å²) in [4.78, 5) is 1.17. The molecular formula is C23H28SSi. The Kier molecular flexibility index (Phi) is 4.87. The van der Waals surface area contributed by atoms with Crippen LogP contribution >= 0.6 is 12.2 Å². The van der Waals surface area contributed by atoms with Gasteiger partial charge in [-0.15, -0.1) is 0 Å². The van der Waals surface area contributed by atoms with Crippen LogP contribution < -0.4 is 0 Å². The van der Waals surface area contributed by atoms with Crippen LogP contribution in [0.4, 0.5) is 0 Å². The molecular weight excluding hydrogens is 336 g/mol. The molecule has 1 aliphatic rings. The highest BCUT2D eigenvalue weighted by Gasteiger charge is 2.49. The Morgan fingerprint density at radius 3 is 1.60 bits per heavy atom. The Morgan fingerprint density at radius 1 is 0.840 bits per heavy atom. The minimum atomic E-state index is -1.53. The average molecular weight is 365 g/mol. The SMILES string of the molecule is CC(C)C1=C([Si](C)(C)C)C(=S)C(c2ccccc2)(c2ccccc2)C1. The van der Waals surface area contributed by atoms with E-state index < -0.39 is 8.07 Å². The van der Waals surface area contributed by atoms with Gasteiger partial charge < -0.3 is 0 Å². The van der Waals surface area contributed by atoms with Gasteiger partial charge in [-0.3, -0.25) is 0 Å². The molecule has 3 rings (SSSR count). The fraction of sp³-hybridized carbons (Fsp3) is 0.348. The Morgan fingerprint density at radius 2 is 1.28 bits per heavy atom. The first-order valence-corrected chi connectivity index (χ1v) is 13.1. The van der Waals surface area contributed by atoms with Crippen LogP contribution in [0.3, 0.4) is 0 Å². The number of thiocarbonyl (C=S) groups is 1. The minimum absolute atomic E-state index is 0.187. The summed E-state index contributed by atoms with van der Waals surface area (Å²) in [6, 6.07) is 21.8. The first kappa shape index (κ1) is 18.3. The van der Waals surface area contributed by atoms with Gasteiger partial charge in [-0.2, -0.15) is 0 Å². The normalized spacial score (nSPS) is 17.4. The summed E-state index contributed by atoms with van der Waals surface area (Å²) < 4.78 is 0. The standard InChI is InChI=1S/C23H28SSi/c1-17(2)20-16-23(18-12-8-6-9-13-18,19-14-10-7-11-15-19)22(24)21(20)25(3,4)5/h6-15,17H,16H2,1-5H3. The molecule has 130 valence electrons. The number of rotatable bonds is 4. The van der Waals surface area contributed by atoms with E-state index in [0.29, 0.717) is 5.92 Å². The van der Waals surface area contributed by atoms with Gasteiger partial charge in [0, 0.05) is 4.86 Å². The fourth-order valence-corrected chi connectivity index (χ4v) is 7.80. The maximum absolute atomic E-state index is 6.26. The lowest BCUT2D eigenvalue weighted by Gasteiger charge is -2.34. The van der Waals surface area contributed by atoms with Crippen LogP contribution in [0.1, 0.15) is 31.4 Å². The van der Waals surface area contributed by atoms with Crippen molar-refractivity contribution < 1.29 is 0 Å². The lowest BCUT2D eigenvalue weighted by atomic mass is 9.71. The number of allylic oxidation sites excluding steroid dienone is 2. The molecule has 2 heteroatoms. The van der Waals surface area contributed by atoms with Crippen molar-refractivity contribution in [1.82, 2.24) is 0 Å². The number of benzene rings is 2. The van der Waals surface area contributed by atoms with Gasteiger partial charge in [0.25, 0.3) is 0 Å². The first-order valence-electron chi connectivity index (χ1n) is 9.18. The summed E-state index contributed by atoms with van der Waals surface area (Å²) in [7, 11) is -1.53. The van der Waals surface area contributed by atoms with Gasteiger partial charge in [0.15, 0.2) is 0 Å².